The van der Waals surface area contributed by atoms with Gasteiger partial charge in [0.2, 0.25) is 15.9 Å². The van der Waals surface area contributed by atoms with Crippen molar-refractivity contribution in [2.45, 2.75) is 52.5 Å². The molecule has 0 radical (unpaired) electrons. The van der Waals surface area contributed by atoms with Crippen LogP contribution in [0.25, 0.3) is 0 Å². The summed E-state index contributed by atoms with van der Waals surface area (Å²) in [5.74, 6) is -0.230. The van der Waals surface area contributed by atoms with Gasteiger partial charge in [0.05, 0.1) is 12.8 Å². The summed E-state index contributed by atoms with van der Waals surface area (Å²) in [5.41, 5.74) is 0. The molecule has 6 heteroatoms. The van der Waals surface area contributed by atoms with Gasteiger partial charge >= 0.3 is 0 Å². The van der Waals surface area contributed by atoms with E-state index in [9.17, 15) is 13.2 Å². The van der Waals surface area contributed by atoms with Crippen LogP contribution in [0.2, 0.25) is 0 Å². The Hall–Kier alpha value is -0.620. The number of nitrogens with one attached hydrogen (secondary N) is 1. The predicted octanol–water partition coefficient (Wildman–Crippen LogP) is 1.35. The molecule has 1 amide bonds. The first-order valence-corrected chi connectivity index (χ1v) is 8.40. The van der Waals surface area contributed by atoms with E-state index in [1.807, 2.05) is 13.8 Å². The van der Waals surface area contributed by atoms with Gasteiger partial charge in [-0.25, -0.2) is 8.42 Å². The molecule has 1 unspecified atom stereocenters. The van der Waals surface area contributed by atoms with Gasteiger partial charge in [-0.05, 0) is 19.8 Å². The van der Waals surface area contributed by atoms with Crippen LogP contribution in [0.5, 0.6) is 0 Å². The lowest BCUT2D eigenvalue weighted by atomic mass is 10.2. The van der Waals surface area contributed by atoms with Crippen LogP contribution in [0.15, 0.2) is 0 Å². The molecule has 0 saturated heterocycles. The van der Waals surface area contributed by atoms with Crippen LogP contribution in [-0.2, 0) is 14.8 Å². The standard InChI is InChI=1S/C12H26N2O3S/c1-5-7-8-9-14(18(4,16)17)10-12(15)13-11(3)6-2/h11H,5-10H2,1-4H3,(H,13,15). The van der Waals surface area contributed by atoms with E-state index in [0.717, 1.165) is 31.9 Å². The first-order valence-electron chi connectivity index (χ1n) is 6.55. The second-order valence-electron chi connectivity index (χ2n) is 4.68. The van der Waals surface area contributed by atoms with E-state index in [4.69, 9.17) is 0 Å². The van der Waals surface area contributed by atoms with Crippen molar-refractivity contribution in [1.29, 1.82) is 0 Å². The fourth-order valence-corrected chi connectivity index (χ4v) is 2.30. The lowest BCUT2D eigenvalue weighted by Crippen LogP contribution is -2.43. The molecule has 0 rings (SSSR count). The van der Waals surface area contributed by atoms with E-state index in [1.165, 1.54) is 4.31 Å². The van der Waals surface area contributed by atoms with E-state index in [1.54, 1.807) is 0 Å². The van der Waals surface area contributed by atoms with Crippen LogP contribution in [-0.4, -0.2) is 44.0 Å². The molecule has 108 valence electrons. The molecule has 0 aliphatic heterocycles. The van der Waals surface area contributed by atoms with E-state index >= 15 is 0 Å². The summed E-state index contributed by atoms with van der Waals surface area (Å²) in [6.07, 6.45) is 4.77. The van der Waals surface area contributed by atoms with Crippen molar-refractivity contribution in [3.05, 3.63) is 0 Å². The van der Waals surface area contributed by atoms with Crippen molar-refractivity contribution >= 4 is 15.9 Å². The zero-order chi connectivity index (χ0) is 14.2. The summed E-state index contributed by atoms with van der Waals surface area (Å²) in [6, 6.07) is 0.0783. The van der Waals surface area contributed by atoms with Gasteiger partial charge in [-0.3, -0.25) is 4.79 Å². The van der Waals surface area contributed by atoms with E-state index in [0.29, 0.717) is 6.54 Å². The zero-order valence-electron chi connectivity index (χ0n) is 11.9. The largest absolute Gasteiger partial charge is 0.353 e. The Bertz CT molecular complexity index is 341. The Morgan fingerprint density at radius 3 is 2.33 bits per heavy atom. The molecule has 0 bridgehead atoms. The molecule has 0 saturated carbocycles. The highest BCUT2D eigenvalue weighted by molar-refractivity contribution is 7.88. The monoisotopic (exact) mass is 278 g/mol. The summed E-state index contributed by atoms with van der Waals surface area (Å²) < 4.78 is 24.4. The van der Waals surface area contributed by atoms with Crippen LogP contribution in [0, 0.1) is 0 Å². The number of rotatable bonds is 9. The van der Waals surface area contributed by atoms with Crippen LogP contribution in [0.3, 0.4) is 0 Å². The van der Waals surface area contributed by atoms with Gasteiger partial charge in [0.15, 0.2) is 0 Å². The molecular formula is C12H26N2O3S. The van der Waals surface area contributed by atoms with E-state index in [-0.39, 0.29) is 18.5 Å². The molecule has 1 atom stereocenters. The molecule has 0 heterocycles. The second kappa shape index (κ2) is 8.48. The van der Waals surface area contributed by atoms with Crippen molar-refractivity contribution in [2.75, 3.05) is 19.3 Å². The van der Waals surface area contributed by atoms with Gasteiger partial charge in [0.25, 0.3) is 0 Å². The van der Waals surface area contributed by atoms with Crippen molar-refractivity contribution in [3.63, 3.8) is 0 Å². The first-order chi connectivity index (χ1) is 8.31. The maximum atomic E-state index is 11.7. The Morgan fingerprint density at radius 2 is 1.89 bits per heavy atom. The summed E-state index contributed by atoms with van der Waals surface area (Å²) in [4.78, 5) is 11.7. The molecule has 0 aromatic heterocycles. The fraction of sp³-hybridized carbons (Fsp3) is 0.917. The van der Waals surface area contributed by atoms with Crippen LogP contribution in [0.1, 0.15) is 46.5 Å². The number of carbonyl (C=O) groups excluding carboxylic acids is 1. The molecule has 0 aliphatic rings. The number of unbranched alkanes of at least 4 members (excludes halogenated alkanes) is 2. The highest BCUT2D eigenvalue weighted by Crippen LogP contribution is 2.03. The fourth-order valence-electron chi connectivity index (χ4n) is 1.48. The number of sulfonamides is 1. The number of nitrogens with zero attached hydrogens (tertiary/aromatic N) is 1. The normalized spacial score (nSPS) is 13.6. The van der Waals surface area contributed by atoms with Gasteiger partial charge in [-0.1, -0.05) is 26.7 Å². The summed E-state index contributed by atoms with van der Waals surface area (Å²) in [5, 5.41) is 2.78. The molecule has 0 fully saturated rings. The van der Waals surface area contributed by atoms with Gasteiger partial charge in [0.1, 0.15) is 0 Å². The maximum Gasteiger partial charge on any atom is 0.235 e. The van der Waals surface area contributed by atoms with Crippen molar-refractivity contribution in [2.24, 2.45) is 0 Å². The molecule has 18 heavy (non-hydrogen) atoms. The molecular weight excluding hydrogens is 252 g/mol. The van der Waals surface area contributed by atoms with Gasteiger partial charge in [0, 0.05) is 12.6 Å². The Balaban J connectivity index is 4.37. The zero-order valence-corrected chi connectivity index (χ0v) is 12.7. The molecule has 0 aromatic carbocycles. The highest BCUT2D eigenvalue weighted by atomic mass is 32.2. The van der Waals surface area contributed by atoms with Crippen LogP contribution >= 0.6 is 0 Å². The number of carbonyl (C=O) groups is 1. The summed E-state index contributed by atoms with van der Waals surface area (Å²) >= 11 is 0. The topological polar surface area (TPSA) is 66.5 Å². The van der Waals surface area contributed by atoms with Crippen molar-refractivity contribution in [3.8, 4) is 0 Å². The third kappa shape index (κ3) is 7.66. The van der Waals surface area contributed by atoms with Gasteiger partial charge < -0.3 is 5.32 Å². The lowest BCUT2D eigenvalue weighted by molar-refractivity contribution is -0.121. The number of hydrogen-bond acceptors (Lipinski definition) is 3. The average Bonchev–Trinajstić information content (AvgIpc) is 2.26. The highest BCUT2D eigenvalue weighted by Gasteiger charge is 2.19. The van der Waals surface area contributed by atoms with Gasteiger partial charge in [-0.2, -0.15) is 4.31 Å². The van der Waals surface area contributed by atoms with Crippen molar-refractivity contribution in [1.82, 2.24) is 9.62 Å². The summed E-state index contributed by atoms with van der Waals surface area (Å²) in [7, 11) is -3.31. The Kier molecular flexibility index (Phi) is 8.18. The van der Waals surface area contributed by atoms with Crippen LogP contribution < -0.4 is 5.32 Å². The molecule has 0 spiro atoms. The average molecular weight is 278 g/mol. The Labute approximate surface area is 111 Å². The van der Waals surface area contributed by atoms with Crippen LogP contribution in [0.4, 0.5) is 0 Å². The minimum atomic E-state index is -3.31. The number of amides is 1. The minimum absolute atomic E-state index is 0.0765. The minimum Gasteiger partial charge on any atom is -0.353 e. The quantitative estimate of drug-likeness (QED) is 0.647. The summed E-state index contributed by atoms with van der Waals surface area (Å²) in [6.45, 7) is 6.27. The molecule has 1 N–H and O–H groups in total. The van der Waals surface area contributed by atoms with Crippen molar-refractivity contribution < 1.29 is 13.2 Å². The molecule has 0 aromatic rings. The number of hydrogen-bond donors (Lipinski definition) is 1. The Morgan fingerprint density at radius 1 is 1.28 bits per heavy atom. The smallest absolute Gasteiger partial charge is 0.235 e. The molecule has 5 nitrogen and oxygen atoms in total. The van der Waals surface area contributed by atoms with Gasteiger partial charge in [-0.15, -0.1) is 0 Å². The SMILES string of the molecule is CCCCCN(CC(=O)NC(C)CC)S(C)(=O)=O. The first kappa shape index (κ1) is 17.4. The molecule has 0 aliphatic carbocycles. The van der Waals surface area contributed by atoms with E-state index < -0.39 is 10.0 Å². The third-order valence-electron chi connectivity index (χ3n) is 2.82. The maximum absolute atomic E-state index is 11.7. The predicted molar refractivity (Wildman–Crippen MR) is 73.8 cm³/mol. The lowest BCUT2D eigenvalue weighted by Gasteiger charge is -2.20. The second-order valence-corrected chi connectivity index (χ2v) is 6.66. The van der Waals surface area contributed by atoms with E-state index in [2.05, 4.69) is 12.2 Å². The third-order valence-corrected chi connectivity index (χ3v) is 4.07.